The topological polar surface area (TPSA) is 40.5 Å². The zero-order valence-corrected chi connectivity index (χ0v) is 8.20. The van der Waals surface area contributed by atoms with E-state index >= 15 is 0 Å². The monoisotopic (exact) mass is 211 g/mol. The molecule has 0 bridgehead atoms. The molecule has 1 N–H and O–H groups in total. The van der Waals surface area contributed by atoms with Crippen LogP contribution in [-0.2, 0) is 4.79 Å². The van der Waals surface area contributed by atoms with Crippen LogP contribution in [0.1, 0.15) is 0 Å². The molecule has 2 rings (SSSR count). The van der Waals surface area contributed by atoms with Crippen molar-refractivity contribution in [2.75, 3.05) is 6.54 Å². The summed E-state index contributed by atoms with van der Waals surface area (Å²) < 4.78 is 0. The van der Waals surface area contributed by atoms with Gasteiger partial charge in [0.15, 0.2) is 0 Å². The smallest absolute Gasteiger partial charge is 0.335 e. The van der Waals surface area contributed by atoms with Gasteiger partial charge in [0.25, 0.3) is 0 Å². The molecule has 0 fully saturated rings. The number of hydrogen-bond acceptors (Lipinski definition) is 2. The van der Waals surface area contributed by atoms with Crippen molar-refractivity contribution < 1.29 is 9.90 Å². The van der Waals surface area contributed by atoms with Crippen molar-refractivity contribution in [3.8, 4) is 0 Å². The van der Waals surface area contributed by atoms with E-state index in [0.717, 1.165) is 5.70 Å². The number of hydrogen-bond donors (Lipinski definition) is 1. The average molecular weight is 212 g/mol. The van der Waals surface area contributed by atoms with Gasteiger partial charge in [-0.05, 0) is 18.2 Å². The minimum Gasteiger partial charge on any atom is -0.478 e. The number of nitrogens with zero attached hydrogens (tertiary/aromatic N) is 1. The first-order valence-corrected chi connectivity index (χ1v) is 4.04. The number of allylic oxidation sites excluding steroid dienone is 3. The van der Waals surface area contributed by atoms with Crippen LogP contribution in [-0.4, -0.2) is 22.5 Å². The summed E-state index contributed by atoms with van der Waals surface area (Å²) in [5, 5.41) is 8.76. The van der Waals surface area contributed by atoms with Crippen LogP contribution < -0.4 is 0 Å². The maximum absolute atomic E-state index is 10.7. The predicted octanol–water partition coefficient (Wildman–Crippen LogP) is 1.70. The van der Waals surface area contributed by atoms with E-state index in [2.05, 4.69) is 0 Å². The molecule has 2 aliphatic heterocycles. The Balaban J connectivity index is 0.000000980. The number of carboxylic acid groups (broad SMARTS) is 1. The fourth-order valence-corrected chi connectivity index (χ4v) is 1.35. The molecule has 0 unspecified atom stereocenters. The van der Waals surface area contributed by atoms with Gasteiger partial charge in [0.05, 0.1) is 5.57 Å². The SMILES string of the molecule is Cl.O=C(O)C1=CCN2C=CC=CC2=C1. The van der Waals surface area contributed by atoms with E-state index < -0.39 is 5.97 Å². The van der Waals surface area contributed by atoms with E-state index in [1.807, 2.05) is 29.3 Å². The molecule has 74 valence electrons. The molecule has 3 nitrogen and oxygen atoms in total. The largest absolute Gasteiger partial charge is 0.478 e. The van der Waals surface area contributed by atoms with Crippen molar-refractivity contribution in [2.45, 2.75) is 0 Å². The lowest BCUT2D eigenvalue weighted by molar-refractivity contribution is -0.132. The van der Waals surface area contributed by atoms with Crippen LogP contribution in [0.5, 0.6) is 0 Å². The summed E-state index contributed by atoms with van der Waals surface area (Å²) in [6.07, 6.45) is 11.0. The predicted molar refractivity (Wildman–Crippen MR) is 56.0 cm³/mol. The zero-order valence-electron chi connectivity index (χ0n) is 7.38. The first-order chi connectivity index (χ1) is 6.27. The second-order valence-electron chi connectivity index (χ2n) is 2.89. The molecule has 0 aliphatic carbocycles. The molecule has 0 radical (unpaired) electrons. The van der Waals surface area contributed by atoms with Crippen molar-refractivity contribution in [3.05, 3.63) is 47.9 Å². The minimum atomic E-state index is -0.866. The van der Waals surface area contributed by atoms with Gasteiger partial charge in [0, 0.05) is 18.4 Å². The van der Waals surface area contributed by atoms with Gasteiger partial charge < -0.3 is 10.0 Å². The summed E-state index contributed by atoms with van der Waals surface area (Å²) >= 11 is 0. The van der Waals surface area contributed by atoms with Crippen LogP contribution in [0.25, 0.3) is 0 Å². The van der Waals surface area contributed by atoms with Crippen molar-refractivity contribution in [2.24, 2.45) is 0 Å². The average Bonchev–Trinajstić information content (AvgIpc) is 2.17. The quantitative estimate of drug-likeness (QED) is 0.718. The second kappa shape index (κ2) is 4.15. The van der Waals surface area contributed by atoms with Gasteiger partial charge in [0.1, 0.15) is 0 Å². The summed E-state index contributed by atoms with van der Waals surface area (Å²) in [5.74, 6) is -0.866. The lowest BCUT2D eigenvalue weighted by Crippen LogP contribution is -2.22. The van der Waals surface area contributed by atoms with Gasteiger partial charge >= 0.3 is 5.97 Å². The lowest BCUT2D eigenvalue weighted by Gasteiger charge is -2.25. The lowest BCUT2D eigenvalue weighted by atomic mass is 10.1. The molecule has 4 heteroatoms. The standard InChI is InChI=1S/C10H9NO2.ClH/c12-10(13)8-4-6-11-5-2-1-3-9(11)7-8;/h1-5,7H,6H2,(H,12,13);1H. The Hall–Kier alpha value is -1.48. The number of carbonyl (C=O) groups is 1. The molecular weight excluding hydrogens is 202 g/mol. The fraction of sp³-hybridized carbons (Fsp3) is 0.100. The number of carboxylic acids is 1. The molecule has 0 spiro atoms. The molecule has 0 saturated carbocycles. The number of rotatable bonds is 1. The van der Waals surface area contributed by atoms with Gasteiger partial charge in [-0.2, -0.15) is 0 Å². The molecule has 0 aromatic rings. The van der Waals surface area contributed by atoms with Crippen LogP contribution in [0.2, 0.25) is 0 Å². The molecule has 0 aromatic heterocycles. The Morgan fingerprint density at radius 1 is 1.43 bits per heavy atom. The van der Waals surface area contributed by atoms with E-state index in [-0.39, 0.29) is 12.4 Å². The maximum Gasteiger partial charge on any atom is 0.335 e. The second-order valence-corrected chi connectivity index (χ2v) is 2.89. The van der Waals surface area contributed by atoms with E-state index in [4.69, 9.17) is 5.11 Å². The summed E-state index contributed by atoms with van der Waals surface area (Å²) in [6, 6.07) is 0. The van der Waals surface area contributed by atoms with E-state index in [1.54, 1.807) is 12.2 Å². The van der Waals surface area contributed by atoms with Crippen molar-refractivity contribution in [3.63, 3.8) is 0 Å². The summed E-state index contributed by atoms with van der Waals surface area (Å²) in [5.41, 5.74) is 1.30. The van der Waals surface area contributed by atoms with E-state index in [0.29, 0.717) is 12.1 Å². The van der Waals surface area contributed by atoms with Crippen molar-refractivity contribution in [1.82, 2.24) is 4.90 Å². The highest BCUT2D eigenvalue weighted by Gasteiger charge is 2.14. The van der Waals surface area contributed by atoms with Crippen LogP contribution in [0.3, 0.4) is 0 Å². The molecule has 0 atom stereocenters. The molecular formula is C10H10ClNO2. The van der Waals surface area contributed by atoms with Gasteiger partial charge in [-0.25, -0.2) is 4.79 Å². The number of aliphatic carboxylic acids is 1. The minimum absolute atomic E-state index is 0. The Morgan fingerprint density at radius 2 is 2.21 bits per heavy atom. The molecule has 2 aliphatic rings. The summed E-state index contributed by atoms with van der Waals surface area (Å²) in [4.78, 5) is 12.6. The third-order valence-electron chi connectivity index (χ3n) is 2.03. The van der Waals surface area contributed by atoms with E-state index in [9.17, 15) is 4.79 Å². The molecule has 2 heterocycles. The molecule has 0 saturated heterocycles. The van der Waals surface area contributed by atoms with Gasteiger partial charge in [0.2, 0.25) is 0 Å². The molecule has 14 heavy (non-hydrogen) atoms. The van der Waals surface area contributed by atoms with Gasteiger partial charge in [-0.3, -0.25) is 0 Å². The Kier molecular flexibility index (Phi) is 3.14. The normalized spacial score (nSPS) is 17.9. The highest BCUT2D eigenvalue weighted by molar-refractivity contribution is 5.90. The summed E-state index contributed by atoms with van der Waals surface area (Å²) in [7, 11) is 0. The highest BCUT2D eigenvalue weighted by atomic mass is 35.5. The van der Waals surface area contributed by atoms with Crippen molar-refractivity contribution >= 4 is 18.4 Å². The Labute approximate surface area is 88.1 Å². The van der Waals surface area contributed by atoms with Crippen molar-refractivity contribution in [1.29, 1.82) is 0 Å². The van der Waals surface area contributed by atoms with Crippen LogP contribution in [0.15, 0.2) is 47.9 Å². The third-order valence-corrected chi connectivity index (χ3v) is 2.03. The van der Waals surface area contributed by atoms with Crippen LogP contribution in [0, 0.1) is 0 Å². The highest BCUT2D eigenvalue weighted by Crippen LogP contribution is 2.19. The number of fused-ring (bicyclic) bond motifs is 1. The van der Waals surface area contributed by atoms with Crippen LogP contribution >= 0.6 is 12.4 Å². The zero-order chi connectivity index (χ0) is 9.26. The first-order valence-electron chi connectivity index (χ1n) is 4.04. The fourth-order valence-electron chi connectivity index (χ4n) is 1.35. The number of halogens is 1. The Bertz CT molecular complexity index is 366. The Morgan fingerprint density at radius 3 is 2.93 bits per heavy atom. The molecule has 0 amide bonds. The van der Waals surface area contributed by atoms with Gasteiger partial charge in [-0.15, -0.1) is 12.4 Å². The molecule has 0 aromatic carbocycles. The first kappa shape index (κ1) is 10.6. The maximum atomic E-state index is 10.7. The third kappa shape index (κ3) is 1.88. The summed E-state index contributed by atoms with van der Waals surface area (Å²) in [6.45, 7) is 0.633. The van der Waals surface area contributed by atoms with Gasteiger partial charge in [-0.1, -0.05) is 12.2 Å². The van der Waals surface area contributed by atoms with Crippen LogP contribution in [0.4, 0.5) is 0 Å². The van der Waals surface area contributed by atoms with E-state index in [1.165, 1.54) is 0 Å².